The lowest BCUT2D eigenvalue weighted by atomic mass is 9.76. The average molecular weight is 695 g/mol. The van der Waals surface area contributed by atoms with E-state index in [1.807, 2.05) is 6.07 Å². The molecule has 0 saturated carbocycles. The Morgan fingerprint density at radius 3 is 1.63 bits per heavy atom. The number of benzene rings is 8. The van der Waals surface area contributed by atoms with Gasteiger partial charge in [-0.05, 0) is 132 Å². The molecule has 0 radical (unpaired) electrons. The summed E-state index contributed by atoms with van der Waals surface area (Å²) < 4.78 is 6.29. The van der Waals surface area contributed by atoms with Gasteiger partial charge >= 0.3 is 0 Å². The van der Waals surface area contributed by atoms with E-state index in [0.717, 1.165) is 64.7 Å². The largest absolute Gasteiger partial charge is 0.456 e. The third-order valence-corrected chi connectivity index (χ3v) is 12.0. The van der Waals surface area contributed by atoms with E-state index in [9.17, 15) is 0 Å². The summed E-state index contributed by atoms with van der Waals surface area (Å²) in [5.41, 5.74) is 14.7. The van der Waals surface area contributed by atoms with Crippen molar-refractivity contribution in [2.75, 3.05) is 9.80 Å². The van der Waals surface area contributed by atoms with Crippen molar-refractivity contribution in [3.8, 4) is 0 Å². The van der Waals surface area contributed by atoms with Gasteiger partial charge in [-0.1, -0.05) is 103 Å². The van der Waals surface area contributed by atoms with E-state index >= 15 is 0 Å². The van der Waals surface area contributed by atoms with Crippen LogP contribution in [0.4, 0.5) is 34.1 Å². The molecule has 0 fully saturated rings. The van der Waals surface area contributed by atoms with Gasteiger partial charge in [-0.25, -0.2) is 0 Å². The zero-order valence-corrected chi connectivity index (χ0v) is 30.0. The quantitative estimate of drug-likeness (QED) is 0.173. The molecule has 0 amide bonds. The highest BCUT2D eigenvalue weighted by Crippen LogP contribution is 2.55. The Labute approximate surface area is 315 Å². The first-order chi connectivity index (χ1) is 26.7. The topological polar surface area (TPSA) is 19.6 Å². The summed E-state index contributed by atoms with van der Waals surface area (Å²) in [6.45, 7) is 0. The molecule has 3 heteroatoms. The summed E-state index contributed by atoms with van der Waals surface area (Å²) >= 11 is 0. The monoisotopic (exact) mass is 694 g/mol. The smallest absolute Gasteiger partial charge is 0.135 e. The van der Waals surface area contributed by atoms with Crippen LogP contribution >= 0.6 is 0 Å². The first-order valence-corrected chi connectivity index (χ1v) is 19.1. The van der Waals surface area contributed by atoms with Crippen LogP contribution in [0.25, 0.3) is 32.7 Å². The molecule has 258 valence electrons. The van der Waals surface area contributed by atoms with E-state index in [4.69, 9.17) is 4.42 Å². The highest BCUT2D eigenvalue weighted by molar-refractivity contribution is 6.07. The van der Waals surface area contributed by atoms with E-state index < -0.39 is 0 Å². The van der Waals surface area contributed by atoms with Crippen molar-refractivity contribution in [1.82, 2.24) is 0 Å². The lowest BCUT2D eigenvalue weighted by Gasteiger charge is -2.32. The maximum atomic E-state index is 6.29. The van der Waals surface area contributed by atoms with Gasteiger partial charge in [-0.3, -0.25) is 0 Å². The van der Waals surface area contributed by atoms with Crippen LogP contribution in [0.15, 0.2) is 186 Å². The molecule has 1 spiro atoms. The zero-order valence-electron chi connectivity index (χ0n) is 30.0. The van der Waals surface area contributed by atoms with Crippen molar-refractivity contribution in [2.24, 2.45) is 0 Å². The highest BCUT2D eigenvalue weighted by atomic mass is 16.3. The number of anilines is 6. The Morgan fingerprint density at radius 1 is 0.389 bits per heavy atom. The van der Waals surface area contributed by atoms with Gasteiger partial charge in [0.25, 0.3) is 0 Å². The summed E-state index contributed by atoms with van der Waals surface area (Å²) in [6, 6.07) is 66.4. The van der Waals surface area contributed by atoms with Gasteiger partial charge in [0.15, 0.2) is 0 Å². The normalized spacial score (nSPS) is 15.9. The number of nitrogens with zero attached hydrogens (tertiary/aromatic N) is 2. The summed E-state index contributed by atoms with van der Waals surface area (Å²) in [5.74, 6) is 0. The number of hydrogen-bond donors (Lipinski definition) is 0. The lowest BCUT2D eigenvalue weighted by Crippen LogP contribution is -2.22. The van der Waals surface area contributed by atoms with Crippen LogP contribution in [-0.4, -0.2) is 0 Å². The Morgan fingerprint density at radius 2 is 0.926 bits per heavy atom. The molecule has 3 nitrogen and oxygen atoms in total. The molecule has 0 bridgehead atoms. The van der Waals surface area contributed by atoms with Crippen molar-refractivity contribution in [3.63, 3.8) is 0 Å². The molecule has 0 saturated heterocycles. The summed E-state index contributed by atoms with van der Waals surface area (Å²) in [5, 5.41) is 4.72. The van der Waals surface area contributed by atoms with Crippen molar-refractivity contribution in [1.29, 1.82) is 0 Å². The van der Waals surface area contributed by atoms with Gasteiger partial charge in [0.05, 0.1) is 5.69 Å². The second-order valence-corrected chi connectivity index (χ2v) is 14.9. The van der Waals surface area contributed by atoms with Crippen molar-refractivity contribution in [3.05, 3.63) is 204 Å². The molecule has 1 atom stereocenters. The molecular weight excluding hydrogens is 657 g/mol. The van der Waals surface area contributed by atoms with Gasteiger partial charge in [-0.15, -0.1) is 0 Å². The number of rotatable bonds is 6. The molecule has 54 heavy (non-hydrogen) atoms. The second-order valence-electron chi connectivity index (χ2n) is 14.9. The lowest BCUT2D eigenvalue weighted by molar-refractivity contribution is 0.507. The minimum absolute atomic E-state index is 0.0368. The summed E-state index contributed by atoms with van der Waals surface area (Å²) in [6.07, 6.45) is 4.43. The minimum Gasteiger partial charge on any atom is -0.456 e. The molecule has 1 aromatic heterocycles. The molecule has 2 aliphatic carbocycles. The minimum atomic E-state index is -0.0368. The molecule has 0 N–H and O–H groups in total. The second kappa shape index (κ2) is 12.2. The predicted molar refractivity (Wildman–Crippen MR) is 224 cm³/mol. The van der Waals surface area contributed by atoms with Crippen LogP contribution in [0.2, 0.25) is 0 Å². The van der Waals surface area contributed by atoms with E-state index in [1.54, 1.807) is 0 Å². The molecule has 1 heterocycles. The zero-order chi connectivity index (χ0) is 35.6. The third-order valence-electron chi connectivity index (χ3n) is 12.0. The molecule has 11 rings (SSSR count). The first kappa shape index (κ1) is 31.0. The van der Waals surface area contributed by atoms with Crippen molar-refractivity contribution in [2.45, 2.75) is 31.1 Å². The summed E-state index contributed by atoms with van der Waals surface area (Å²) in [7, 11) is 0. The summed E-state index contributed by atoms with van der Waals surface area (Å²) in [4.78, 5) is 4.87. The third kappa shape index (κ3) is 4.82. The fourth-order valence-corrected chi connectivity index (χ4v) is 9.52. The number of fused-ring (bicyclic) bond motifs is 8. The van der Waals surface area contributed by atoms with E-state index in [-0.39, 0.29) is 5.41 Å². The van der Waals surface area contributed by atoms with Gasteiger partial charge in [0, 0.05) is 50.0 Å². The maximum Gasteiger partial charge on any atom is 0.135 e. The molecule has 9 aromatic rings. The highest BCUT2D eigenvalue weighted by Gasteiger charge is 2.45. The Balaban J connectivity index is 1.08. The molecule has 2 aliphatic rings. The molecule has 0 aliphatic heterocycles. The Hall–Kier alpha value is -6.58. The maximum absolute atomic E-state index is 6.29. The number of para-hydroxylation sites is 3. The number of hydrogen-bond acceptors (Lipinski definition) is 3. The van der Waals surface area contributed by atoms with Crippen LogP contribution in [0.5, 0.6) is 0 Å². The van der Waals surface area contributed by atoms with Gasteiger partial charge in [0.1, 0.15) is 11.2 Å². The standard InChI is InChI=1S/C51H38N2O/c1-3-14-38(15-4-1)52(39-16-5-2-6-17-39)41-24-22-36-28-30-51(46(36)33-41)31-29-37-23-25-42(34-47(37)51)53(48-20-11-13-35-12-7-8-18-43(35)48)40-26-27-50-45(32-40)44-19-9-10-21-49(44)54-50/h1-27,32-34H,28-31H2/t51-/m1/s1. The van der Waals surface area contributed by atoms with Crippen LogP contribution in [0, 0.1) is 0 Å². The molecule has 0 unspecified atom stereocenters. The predicted octanol–water partition coefficient (Wildman–Crippen LogP) is 13.9. The van der Waals surface area contributed by atoms with Crippen molar-refractivity contribution < 1.29 is 4.42 Å². The Bertz CT molecular complexity index is 2810. The first-order valence-electron chi connectivity index (χ1n) is 19.1. The van der Waals surface area contributed by atoms with Crippen molar-refractivity contribution >= 4 is 66.8 Å². The molecular formula is C51H38N2O. The van der Waals surface area contributed by atoms with Gasteiger partial charge in [-0.2, -0.15) is 0 Å². The van der Waals surface area contributed by atoms with Crippen LogP contribution in [0.1, 0.15) is 35.1 Å². The van der Waals surface area contributed by atoms with Crippen LogP contribution in [0.3, 0.4) is 0 Å². The van der Waals surface area contributed by atoms with Gasteiger partial charge < -0.3 is 14.2 Å². The number of aryl methyl sites for hydroxylation is 2. The van der Waals surface area contributed by atoms with E-state index in [1.165, 1.54) is 50.1 Å². The fourth-order valence-electron chi connectivity index (χ4n) is 9.52. The Kier molecular flexibility index (Phi) is 7.03. The van der Waals surface area contributed by atoms with Crippen LogP contribution in [-0.2, 0) is 18.3 Å². The van der Waals surface area contributed by atoms with E-state index in [0.29, 0.717) is 0 Å². The molecule has 8 aromatic carbocycles. The average Bonchev–Trinajstić information content (AvgIpc) is 3.92. The fraction of sp³-hybridized carbons (Fsp3) is 0.0980. The van der Waals surface area contributed by atoms with Crippen LogP contribution < -0.4 is 9.80 Å². The number of furan rings is 1. The SMILES string of the molecule is c1ccc(N(c2ccccc2)c2ccc3c(c2)[C@@]2(CC3)CCc3ccc(N(c4ccc5oc6ccccc6c5c4)c4cccc5ccccc45)cc32)cc1. The van der Waals surface area contributed by atoms with E-state index in [2.05, 4.69) is 186 Å². The van der Waals surface area contributed by atoms with Gasteiger partial charge in [0.2, 0.25) is 0 Å².